The molecule has 0 fully saturated rings. The van der Waals surface area contributed by atoms with Gasteiger partial charge in [0.05, 0.1) is 0 Å². The summed E-state index contributed by atoms with van der Waals surface area (Å²) >= 11 is 0. The Morgan fingerprint density at radius 3 is 2.35 bits per heavy atom. The van der Waals surface area contributed by atoms with Crippen LogP contribution < -0.4 is 16.4 Å². The second-order valence-electron chi connectivity index (χ2n) is 6.25. The van der Waals surface area contributed by atoms with Crippen LogP contribution in [0.5, 0.6) is 0 Å². The zero-order valence-electron chi connectivity index (χ0n) is 14.1. The van der Waals surface area contributed by atoms with Gasteiger partial charge < -0.3 is 21.3 Å². The molecule has 0 radical (unpaired) electrons. The molecular weight excluding hydrogens is 316 g/mol. The van der Waals surface area contributed by atoms with Crippen LogP contribution in [-0.2, 0) is 4.79 Å². The highest BCUT2D eigenvalue weighted by atomic mass is 35.5. The van der Waals surface area contributed by atoms with E-state index in [2.05, 4.69) is 10.6 Å². The van der Waals surface area contributed by atoms with Gasteiger partial charge in [-0.3, -0.25) is 4.79 Å². The van der Waals surface area contributed by atoms with E-state index in [4.69, 9.17) is 5.73 Å². The van der Waals surface area contributed by atoms with E-state index in [0.29, 0.717) is 18.8 Å². The van der Waals surface area contributed by atoms with Gasteiger partial charge in [-0.2, -0.15) is 0 Å². The van der Waals surface area contributed by atoms with Gasteiger partial charge in [0, 0.05) is 19.3 Å². The Bertz CT molecular complexity index is 508. The number of benzene rings is 1. The van der Waals surface area contributed by atoms with Crippen LogP contribution in [0.25, 0.3) is 0 Å². The molecule has 0 aliphatic rings. The highest BCUT2D eigenvalue weighted by Gasteiger charge is 2.25. The molecule has 7 heteroatoms. The zero-order valence-corrected chi connectivity index (χ0v) is 14.9. The molecule has 4 N–H and O–H groups in total. The van der Waals surface area contributed by atoms with Crippen molar-refractivity contribution < 1.29 is 9.59 Å². The first-order valence-electron chi connectivity index (χ1n) is 7.33. The molecule has 0 heterocycles. The summed E-state index contributed by atoms with van der Waals surface area (Å²) in [5.74, 6) is -0.148. The largest absolute Gasteiger partial charge is 0.343 e. The minimum absolute atomic E-state index is 0. The van der Waals surface area contributed by atoms with Crippen LogP contribution >= 0.6 is 12.4 Å². The third kappa shape index (κ3) is 7.34. The van der Waals surface area contributed by atoms with Crippen LogP contribution in [0.15, 0.2) is 30.3 Å². The maximum atomic E-state index is 12.3. The molecule has 130 valence electrons. The predicted octanol–water partition coefficient (Wildman–Crippen LogP) is 2.06. The predicted molar refractivity (Wildman–Crippen MR) is 95.8 cm³/mol. The summed E-state index contributed by atoms with van der Waals surface area (Å²) in [6.45, 7) is 6.68. The molecule has 0 saturated carbocycles. The first-order chi connectivity index (χ1) is 10.2. The van der Waals surface area contributed by atoms with Crippen LogP contribution in [0.1, 0.15) is 20.8 Å². The molecule has 1 aromatic rings. The van der Waals surface area contributed by atoms with Gasteiger partial charge in [-0.25, -0.2) is 4.79 Å². The fourth-order valence-corrected chi connectivity index (χ4v) is 2.06. The number of halogens is 1. The minimum Gasteiger partial charge on any atom is -0.343 e. The summed E-state index contributed by atoms with van der Waals surface area (Å²) in [4.78, 5) is 25.7. The molecule has 6 nitrogen and oxygen atoms in total. The van der Waals surface area contributed by atoms with Crippen molar-refractivity contribution in [2.75, 3.05) is 25.5 Å². The number of urea groups is 1. The molecule has 23 heavy (non-hydrogen) atoms. The Labute approximate surface area is 144 Å². The molecule has 0 aliphatic carbocycles. The van der Waals surface area contributed by atoms with Crippen molar-refractivity contribution >= 4 is 30.0 Å². The number of anilines is 1. The van der Waals surface area contributed by atoms with E-state index in [1.54, 1.807) is 31.0 Å². The Hall–Kier alpha value is -1.79. The van der Waals surface area contributed by atoms with E-state index >= 15 is 0 Å². The summed E-state index contributed by atoms with van der Waals surface area (Å²) in [6.07, 6.45) is 0. The first-order valence-corrected chi connectivity index (χ1v) is 7.33. The second kappa shape index (κ2) is 9.37. The van der Waals surface area contributed by atoms with Crippen molar-refractivity contribution in [2.24, 2.45) is 11.1 Å². The van der Waals surface area contributed by atoms with Gasteiger partial charge in [0.2, 0.25) is 5.91 Å². The number of para-hydroxylation sites is 1. The van der Waals surface area contributed by atoms with Crippen molar-refractivity contribution in [3.8, 4) is 0 Å². The number of carbonyl (C=O) groups excluding carboxylic acids is 2. The van der Waals surface area contributed by atoms with Gasteiger partial charge in [0.25, 0.3) is 0 Å². The van der Waals surface area contributed by atoms with Crippen molar-refractivity contribution in [3.63, 3.8) is 0 Å². The maximum absolute atomic E-state index is 12.3. The third-order valence-electron chi connectivity index (χ3n) is 3.34. The number of likely N-dealkylation sites (N-methyl/N-ethyl adjacent to an activating group) is 1. The number of nitrogens with one attached hydrogen (secondary N) is 2. The van der Waals surface area contributed by atoms with E-state index in [1.807, 2.05) is 32.0 Å². The molecule has 1 atom stereocenters. The number of amides is 3. The lowest BCUT2D eigenvalue weighted by Crippen LogP contribution is -2.49. The zero-order chi connectivity index (χ0) is 16.8. The van der Waals surface area contributed by atoms with E-state index in [0.717, 1.165) is 0 Å². The van der Waals surface area contributed by atoms with Crippen LogP contribution in [0, 0.1) is 5.41 Å². The monoisotopic (exact) mass is 342 g/mol. The number of hydrogen-bond donors (Lipinski definition) is 3. The lowest BCUT2D eigenvalue weighted by molar-refractivity contribution is -0.132. The summed E-state index contributed by atoms with van der Waals surface area (Å²) in [6, 6.07) is 8.06. The standard InChI is InChI=1S/C16H26N4O2.ClH/c1-12(14(21)20(4)11-16(2,3)10-17)18-15(22)19-13-8-6-5-7-9-13;/h5-9,12H,10-11,17H2,1-4H3,(H2,18,19,22);1H. The summed E-state index contributed by atoms with van der Waals surface area (Å²) in [5.41, 5.74) is 6.20. The van der Waals surface area contributed by atoms with E-state index < -0.39 is 12.1 Å². The number of carbonyl (C=O) groups is 2. The molecule has 0 bridgehead atoms. The molecular formula is C16H27ClN4O2. The number of nitrogens with zero attached hydrogens (tertiary/aromatic N) is 1. The van der Waals surface area contributed by atoms with Crippen molar-refractivity contribution in [1.82, 2.24) is 10.2 Å². The Morgan fingerprint density at radius 1 is 1.26 bits per heavy atom. The van der Waals surface area contributed by atoms with Crippen LogP contribution in [-0.4, -0.2) is 43.0 Å². The summed E-state index contributed by atoms with van der Waals surface area (Å²) in [7, 11) is 1.72. The van der Waals surface area contributed by atoms with Gasteiger partial charge in [0.1, 0.15) is 6.04 Å². The van der Waals surface area contributed by atoms with Gasteiger partial charge >= 0.3 is 6.03 Å². The lowest BCUT2D eigenvalue weighted by atomic mass is 9.93. The van der Waals surface area contributed by atoms with Gasteiger partial charge in [0.15, 0.2) is 0 Å². The molecule has 3 amide bonds. The average molecular weight is 343 g/mol. The Morgan fingerprint density at radius 2 is 1.83 bits per heavy atom. The quantitative estimate of drug-likeness (QED) is 0.739. The highest BCUT2D eigenvalue weighted by molar-refractivity contribution is 5.93. The van der Waals surface area contributed by atoms with Crippen molar-refractivity contribution in [1.29, 1.82) is 0 Å². The fourth-order valence-electron chi connectivity index (χ4n) is 2.06. The molecule has 1 rings (SSSR count). The lowest BCUT2D eigenvalue weighted by Gasteiger charge is -2.30. The number of nitrogens with two attached hydrogens (primary N) is 1. The molecule has 0 saturated heterocycles. The Kier molecular flexibility index (Phi) is 8.64. The van der Waals surface area contributed by atoms with Gasteiger partial charge in [-0.15, -0.1) is 12.4 Å². The highest BCUT2D eigenvalue weighted by Crippen LogP contribution is 2.14. The second-order valence-corrected chi connectivity index (χ2v) is 6.25. The van der Waals surface area contributed by atoms with Crippen molar-refractivity contribution in [2.45, 2.75) is 26.8 Å². The van der Waals surface area contributed by atoms with Crippen LogP contribution in [0.4, 0.5) is 10.5 Å². The van der Waals surface area contributed by atoms with Crippen LogP contribution in [0.3, 0.4) is 0 Å². The average Bonchev–Trinajstić information content (AvgIpc) is 2.46. The van der Waals surface area contributed by atoms with E-state index in [1.165, 1.54) is 0 Å². The van der Waals surface area contributed by atoms with Gasteiger partial charge in [-0.1, -0.05) is 32.0 Å². The molecule has 1 aromatic carbocycles. The Balaban J connectivity index is 0.00000484. The van der Waals surface area contributed by atoms with Crippen LogP contribution in [0.2, 0.25) is 0 Å². The molecule has 0 aromatic heterocycles. The maximum Gasteiger partial charge on any atom is 0.319 e. The molecule has 0 spiro atoms. The van der Waals surface area contributed by atoms with E-state index in [-0.39, 0.29) is 23.7 Å². The number of hydrogen-bond acceptors (Lipinski definition) is 3. The third-order valence-corrected chi connectivity index (χ3v) is 3.34. The molecule has 1 unspecified atom stereocenters. The van der Waals surface area contributed by atoms with E-state index in [9.17, 15) is 9.59 Å². The summed E-state index contributed by atoms with van der Waals surface area (Å²) in [5, 5.41) is 5.33. The summed E-state index contributed by atoms with van der Waals surface area (Å²) < 4.78 is 0. The minimum atomic E-state index is -0.609. The SMILES string of the molecule is CC(NC(=O)Nc1ccccc1)C(=O)N(C)CC(C)(C)CN.Cl. The topological polar surface area (TPSA) is 87.5 Å². The molecule has 0 aliphatic heterocycles. The van der Waals surface area contributed by atoms with Crippen molar-refractivity contribution in [3.05, 3.63) is 30.3 Å². The van der Waals surface area contributed by atoms with Gasteiger partial charge in [-0.05, 0) is 31.0 Å². The smallest absolute Gasteiger partial charge is 0.319 e. The fraction of sp³-hybridized carbons (Fsp3) is 0.500. The first kappa shape index (κ1) is 21.2. The normalized spacial score (nSPS) is 11.9. The number of rotatable bonds is 6.